The first kappa shape index (κ1) is 22.8. The molecule has 1 amide bonds. The number of alkyl halides is 6. The number of nitrogens with zero attached hydrogens (tertiary/aromatic N) is 5. The van der Waals surface area contributed by atoms with Crippen LogP contribution in [0.15, 0.2) is 24.5 Å². The molecule has 13 heteroatoms. The molecule has 1 unspecified atom stereocenters. The average molecular weight is 472 g/mol. The van der Waals surface area contributed by atoms with Gasteiger partial charge in [0.05, 0.1) is 17.4 Å². The van der Waals surface area contributed by atoms with Gasteiger partial charge in [0.1, 0.15) is 11.4 Å². The highest BCUT2D eigenvalue weighted by Crippen LogP contribution is 2.33. The summed E-state index contributed by atoms with van der Waals surface area (Å²) in [6.45, 7) is 1.60. The van der Waals surface area contributed by atoms with Crippen molar-refractivity contribution in [3.8, 4) is 5.69 Å². The summed E-state index contributed by atoms with van der Waals surface area (Å²) in [6.07, 6.45) is -4.98. The Balaban J connectivity index is 1.63. The van der Waals surface area contributed by atoms with Crippen LogP contribution in [-0.2, 0) is 25.8 Å². The zero-order valence-corrected chi connectivity index (χ0v) is 17.4. The Bertz CT molecular complexity index is 1210. The number of carbonyl (C=O) groups excluding carboxylic acids is 1. The third kappa shape index (κ3) is 4.44. The van der Waals surface area contributed by atoms with E-state index in [9.17, 15) is 31.1 Å². The summed E-state index contributed by atoms with van der Waals surface area (Å²) in [7, 11) is 1.24. The van der Waals surface area contributed by atoms with Crippen LogP contribution in [0.1, 0.15) is 57.6 Å². The molecule has 3 aromatic rings. The fourth-order valence-electron chi connectivity index (χ4n) is 3.78. The number of hydrogen-bond donors (Lipinski definition) is 1. The van der Waals surface area contributed by atoms with Gasteiger partial charge >= 0.3 is 12.4 Å². The quantitative estimate of drug-likeness (QED) is 0.581. The van der Waals surface area contributed by atoms with Crippen LogP contribution >= 0.6 is 0 Å². The third-order valence-electron chi connectivity index (χ3n) is 5.43. The number of rotatable bonds is 3. The van der Waals surface area contributed by atoms with E-state index in [1.165, 1.54) is 17.9 Å². The minimum absolute atomic E-state index is 0.193. The maximum Gasteiger partial charge on any atom is 0.435 e. The van der Waals surface area contributed by atoms with Crippen molar-refractivity contribution in [3.63, 3.8) is 0 Å². The van der Waals surface area contributed by atoms with Gasteiger partial charge < -0.3 is 5.32 Å². The SMILES string of the molecule is Cc1cnc(C(F)(F)F)cc1-n1cc2c(n1)CCCC2NC(=O)c1cc(C(F)(F)F)nn1C. The van der Waals surface area contributed by atoms with E-state index in [-0.39, 0.29) is 11.4 Å². The van der Waals surface area contributed by atoms with Gasteiger partial charge in [0.2, 0.25) is 0 Å². The molecule has 4 rings (SSSR count). The van der Waals surface area contributed by atoms with Crippen LogP contribution in [0.5, 0.6) is 0 Å². The molecule has 7 nitrogen and oxygen atoms in total. The number of hydrogen-bond acceptors (Lipinski definition) is 4. The Morgan fingerprint density at radius 2 is 1.79 bits per heavy atom. The second-order valence-electron chi connectivity index (χ2n) is 7.78. The monoisotopic (exact) mass is 472 g/mol. The van der Waals surface area contributed by atoms with E-state index in [4.69, 9.17) is 0 Å². The molecule has 176 valence electrons. The van der Waals surface area contributed by atoms with Gasteiger partial charge in [0, 0.05) is 31.1 Å². The minimum Gasteiger partial charge on any atom is -0.344 e. The first-order chi connectivity index (χ1) is 15.3. The Morgan fingerprint density at radius 3 is 2.42 bits per heavy atom. The molecule has 0 radical (unpaired) electrons. The number of carbonyl (C=O) groups is 1. The molecule has 3 heterocycles. The van der Waals surface area contributed by atoms with Crippen molar-refractivity contribution in [2.24, 2.45) is 7.05 Å². The second-order valence-corrected chi connectivity index (χ2v) is 7.78. The molecule has 1 aliphatic carbocycles. The van der Waals surface area contributed by atoms with E-state index in [0.717, 1.165) is 16.9 Å². The fraction of sp³-hybridized carbons (Fsp3) is 0.400. The second kappa shape index (κ2) is 7.89. The van der Waals surface area contributed by atoms with Gasteiger partial charge in [0.25, 0.3) is 5.91 Å². The fourth-order valence-corrected chi connectivity index (χ4v) is 3.78. The van der Waals surface area contributed by atoms with Crippen molar-refractivity contribution >= 4 is 5.91 Å². The molecule has 0 fully saturated rings. The van der Waals surface area contributed by atoms with Gasteiger partial charge in [-0.05, 0) is 37.8 Å². The number of nitrogens with one attached hydrogen (secondary N) is 1. The highest BCUT2D eigenvalue weighted by molar-refractivity contribution is 5.93. The number of aryl methyl sites for hydroxylation is 3. The molecular weight excluding hydrogens is 454 g/mol. The normalized spacial score (nSPS) is 16.5. The van der Waals surface area contributed by atoms with Gasteiger partial charge in [-0.3, -0.25) is 14.5 Å². The summed E-state index contributed by atoms with van der Waals surface area (Å²) >= 11 is 0. The summed E-state index contributed by atoms with van der Waals surface area (Å²) < 4.78 is 80.2. The summed E-state index contributed by atoms with van der Waals surface area (Å²) in [5.74, 6) is -0.745. The lowest BCUT2D eigenvalue weighted by Gasteiger charge is -2.22. The summed E-state index contributed by atoms with van der Waals surface area (Å²) in [4.78, 5) is 16.1. The largest absolute Gasteiger partial charge is 0.435 e. The number of amides is 1. The lowest BCUT2D eigenvalue weighted by Crippen LogP contribution is -2.31. The molecule has 0 saturated heterocycles. The Labute approximate surface area is 183 Å². The van der Waals surface area contributed by atoms with Gasteiger partial charge in [-0.15, -0.1) is 0 Å². The highest BCUT2D eigenvalue weighted by Gasteiger charge is 2.36. The van der Waals surface area contributed by atoms with Crippen molar-refractivity contribution in [1.29, 1.82) is 0 Å². The van der Waals surface area contributed by atoms with Crippen LogP contribution in [0.25, 0.3) is 5.69 Å². The molecule has 0 spiro atoms. The van der Waals surface area contributed by atoms with E-state index >= 15 is 0 Å². The van der Waals surface area contributed by atoms with Crippen molar-refractivity contribution in [3.05, 3.63) is 58.4 Å². The number of fused-ring (bicyclic) bond motifs is 1. The maximum absolute atomic E-state index is 13.1. The zero-order valence-electron chi connectivity index (χ0n) is 17.4. The molecule has 1 N–H and O–H groups in total. The molecule has 1 atom stereocenters. The van der Waals surface area contributed by atoms with Crippen LogP contribution < -0.4 is 5.32 Å². The Kier molecular flexibility index (Phi) is 5.45. The average Bonchev–Trinajstić information content (AvgIpc) is 3.31. The first-order valence-corrected chi connectivity index (χ1v) is 9.89. The van der Waals surface area contributed by atoms with Crippen molar-refractivity contribution in [2.75, 3.05) is 0 Å². The highest BCUT2D eigenvalue weighted by atomic mass is 19.4. The van der Waals surface area contributed by atoms with Crippen LogP contribution in [-0.4, -0.2) is 30.5 Å². The van der Waals surface area contributed by atoms with E-state index in [2.05, 4.69) is 20.5 Å². The molecule has 33 heavy (non-hydrogen) atoms. The smallest absolute Gasteiger partial charge is 0.344 e. The molecule has 1 aliphatic rings. The van der Waals surface area contributed by atoms with Crippen molar-refractivity contribution in [2.45, 2.75) is 44.6 Å². The van der Waals surface area contributed by atoms with Crippen molar-refractivity contribution in [1.82, 2.24) is 29.9 Å². The van der Waals surface area contributed by atoms with Gasteiger partial charge in [-0.2, -0.15) is 36.5 Å². The molecule has 0 saturated carbocycles. The predicted octanol–water partition coefficient (Wildman–Crippen LogP) is 4.15. The van der Waals surface area contributed by atoms with Crippen LogP contribution in [0.2, 0.25) is 0 Å². The van der Waals surface area contributed by atoms with Crippen LogP contribution in [0.4, 0.5) is 26.3 Å². The lowest BCUT2D eigenvalue weighted by atomic mass is 9.93. The number of halogens is 6. The zero-order chi connectivity index (χ0) is 24.1. The predicted molar refractivity (Wildman–Crippen MR) is 102 cm³/mol. The van der Waals surface area contributed by atoms with Gasteiger partial charge in [-0.1, -0.05) is 0 Å². The lowest BCUT2D eigenvalue weighted by molar-refractivity contribution is -0.142. The van der Waals surface area contributed by atoms with Crippen LogP contribution in [0, 0.1) is 6.92 Å². The summed E-state index contributed by atoms with van der Waals surface area (Å²) in [5.41, 5.74) is -0.646. The summed E-state index contributed by atoms with van der Waals surface area (Å²) in [5, 5.41) is 10.4. The Morgan fingerprint density at radius 1 is 1.09 bits per heavy atom. The van der Waals surface area contributed by atoms with Gasteiger partial charge in [-0.25, -0.2) is 4.68 Å². The number of pyridine rings is 1. The van der Waals surface area contributed by atoms with Crippen LogP contribution in [0.3, 0.4) is 0 Å². The molecule has 0 bridgehead atoms. The van der Waals surface area contributed by atoms with E-state index in [1.807, 2.05) is 0 Å². The van der Waals surface area contributed by atoms with E-state index in [0.29, 0.717) is 42.1 Å². The minimum atomic E-state index is -4.69. The molecule has 3 aromatic heterocycles. The van der Waals surface area contributed by atoms with E-state index < -0.39 is 35.7 Å². The third-order valence-corrected chi connectivity index (χ3v) is 5.43. The standard InChI is InChI=1S/C20H18F6N6O/c1-10-8-27-16(19(21,22)23)6-14(10)32-9-11-12(4-3-5-13(11)29-32)28-18(33)15-7-17(20(24,25)26)30-31(15)2/h6-9,12H,3-5H2,1-2H3,(H,28,33). The van der Waals surface area contributed by atoms with Gasteiger partial charge in [0.15, 0.2) is 5.69 Å². The maximum atomic E-state index is 13.1. The molecule has 0 aromatic carbocycles. The molecular formula is C20H18F6N6O. The topological polar surface area (TPSA) is 77.6 Å². The number of aromatic nitrogens is 5. The molecule has 0 aliphatic heterocycles. The van der Waals surface area contributed by atoms with Crippen molar-refractivity contribution < 1.29 is 31.1 Å². The summed E-state index contributed by atoms with van der Waals surface area (Å²) in [6, 6.07) is 1.00. The van der Waals surface area contributed by atoms with E-state index in [1.54, 1.807) is 6.92 Å². The Hall–Kier alpha value is -3.38. The first-order valence-electron chi connectivity index (χ1n) is 9.89.